The van der Waals surface area contributed by atoms with Crippen LogP contribution in [0.4, 0.5) is 16.2 Å². The third-order valence-corrected chi connectivity index (χ3v) is 3.20. The second-order valence-corrected chi connectivity index (χ2v) is 6.98. The fourth-order valence-corrected chi connectivity index (χ4v) is 2.13. The zero-order valence-electron chi connectivity index (χ0n) is 14.1. The molecular weight excluding hydrogens is 378 g/mol. The number of aliphatic hydroxyl groups excluding tert-OH is 1. The highest BCUT2D eigenvalue weighted by atomic mass is 79.9. The van der Waals surface area contributed by atoms with Gasteiger partial charge in [0.25, 0.3) is 0 Å². The lowest BCUT2D eigenvalue weighted by Gasteiger charge is -2.19. The van der Waals surface area contributed by atoms with Gasteiger partial charge < -0.3 is 25.8 Å². The fraction of sp³-hybridized carbons (Fsp3) is 0.500. The van der Waals surface area contributed by atoms with Crippen molar-refractivity contribution in [2.45, 2.75) is 32.8 Å². The lowest BCUT2D eigenvalue weighted by Crippen LogP contribution is -2.34. The number of anilines is 2. The molecule has 1 aromatic carbocycles. The molecule has 7 nitrogen and oxygen atoms in total. The van der Waals surface area contributed by atoms with Crippen LogP contribution >= 0.6 is 15.9 Å². The van der Waals surface area contributed by atoms with Crippen molar-refractivity contribution in [1.29, 1.82) is 0 Å². The number of ether oxygens (including phenoxy) is 1. The summed E-state index contributed by atoms with van der Waals surface area (Å²) in [4.78, 5) is 23.5. The molecule has 24 heavy (non-hydrogen) atoms. The first-order chi connectivity index (χ1) is 11.2. The van der Waals surface area contributed by atoms with Gasteiger partial charge in [-0.05, 0) is 39.0 Å². The molecule has 0 fully saturated rings. The summed E-state index contributed by atoms with van der Waals surface area (Å²) in [5, 5.41) is 17.2. The summed E-state index contributed by atoms with van der Waals surface area (Å²) in [7, 11) is 0. The molecule has 1 rings (SSSR count). The van der Waals surface area contributed by atoms with Gasteiger partial charge in [-0.25, -0.2) is 4.79 Å². The normalized spacial score (nSPS) is 10.9. The van der Waals surface area contributed by atoms with E-state index in [1.54, 1.807) is 32.9 Å². The van der Waals surface area contributed by atoms with E-state index in [1.807, 2.05) is 6.07 Å². The molecule has 0 bridgehead atoms. The molecular formula is C16H24BrN3O4. The van der Waals surface area contributed by atoms with Crippen LogP contribution in [0, 0.1) is 0 Å². The van der Waals surface area contributed by atoms with Crippen molar-refractivity contribution >= 4 is 39.3 Å². The maximum absolute atomic E-state index is 12.0. The molecule has 8 heteroatoms. The van der Waals surface area contributed by atoms with E-state index in [1.165, 1.54) is 0 Å². The summed E-state index contributed by atoms with van der Waals surface area (Å²) in [5.41, 5.74) is 0.734. The number of carbonyl (C=O) groups is 2. The number of amides is 2. The predicted octanol–water partition coefficient (Wildman–Crippen LogP) is 2.71. The highest BCUT2D eigenvalue weighted by Gasteiger charge is 2.16. The molecule has 0 unspecified atom stereocenters. The number of carbonyl (C=O) groups excluding carboxylic acids is 2. The van der Waals surface area contributed by atoms with Gasteiger partial charge in [0.2, 0.25) is 5.91 Å². The number of nitrogens with one attached hydrogen (secondary N) is 3. The summed E-state index contributed by atoms with van der Waals surface area (Å²) in [6.07, 6.45) is -0.432. The lowest BCUT2D eigenvalue weighted by molar-refractivity contribution is -0.116. The van der Waals surface area contributed by atoms with Gasteiger partial charge in [-0.3, -0.25) is 4.79 Å². The van der Waals surface area contributed by atoms with Crippen LogP contribution in [-0.2, 0) is 9.53 Å². The molecule has 0 saturated carbocycles. The predicted molar refractivity (Wildman–Crippen MR) is 97.2 cm³/mol. The molecule has 0 radical (unpaired) electrons. The zero-order valence-corrected chi connectivity index (χ0v) is 15.7. The second kappa shape index (κ2) is 9.48. The van der Waals surface area contributed by atoms with Gasteiger partial charge in [0.1, 0.15) is 5.60 Å². The van der Waals surface area contributed by atoms with Crippen molar-refractivity contribution in [2.24, 2.45) is 0 Å². The van der Waals surface area contributed by atoms with Gasteiger partial charge in [-0.2, -0.15) is 0 Å². The summed E-state index contributed by atoms with van der Waals surface area (Å²) in [6, 6.07) is 5.37. The molecule has 0 aliphatic heterocycles. The number of rotatable bonds is 7. The van der Waals surface area contributed by atoms with Crippen molar-refractivity contribution in [3.8, 4) is 0 Å². The average molecular weight is 402 g/mol. The lowest BCUT2D eigenvalue weighted by atomic mass is 10.2. The maximum Gasteiger partial charge on any atom is 0.407 e. The van der Waals surface area contributed by atoms with Crippen molar-refractivity contribution < 1.29 is 19.4 Å². The van der Waals surface area contributed by atoms with Crippen LogP contribution in [0.25, 0.3) is 0 Å². The van der Waals surface area contributed by atoms with Crippen LogP contribution in [0.2, 0.25) is 0 Å². The van der Waals surface area contributed by atoms with Crippen molar-refractivity contribution in [2.75, 3.05) is 30.3 Å². The Morgan fingerprint density at radius 2 is 1.92 bits per heavy atom. The molecule has 0 aromatic heterocycles. The van der Waals surface area contributed by atoms with E-state index in [4.69, 9.17) is 9.84 Å². The molecule has 0 heterocycles. The third-order valence-electron chi connectivity index (χ3n) is 2.70. The maximum atomic E-state index is 12.0. The highest BCUT2D eigenvalue weighted by Crippen LogP contribution is 2.26. The van der Waals surface area contributed by atoms with Crippen molar-refractivity contribution in [3.05, 3.63) is 22.7 Å². The van der Waals surface area contributed by atoms with Crippen LogP contribution in [0.5, 0.6) is 0 Å². The van der Waals surface area contributed by atoms with Crippen LogP contribution in [0.1, 0.15) is 27.2 Å². The van der Waals surface area contributed by atoms with E-state index in [9.17, 15) is 9.59 Å². The van der Waals surface area contributed by atoms with Gasteiger partial charge >= 0.3 is 6.09 Å². The van der Waals surface area contributed by atoms with Gasteiger partial charge in [-0.15, -0.1) is 0 Å². The molecule has 0 aliphatic carbocycles. The minimum absolute atomic E-state index is 0.0142. The van der Waals surface area contributed by atoms with E-state index in [0.717, 1.165) is 4.47 Å². The SMILES string of the molecule is CC(C)(C)OC(=O)NCCC(=O)Nc1ccc(Br)cc1NCCO. The quantitative estimate of drug-likeness (QED) is 0.562. The monoisotopic (exact) mass is 401 g/mol. The molecule has 0 saturated heterocycles. The van der Waals surface area contributed by atoms with Crippen LogP contribution in [-0.4, -0.2) is 42.4 Å². The van der Waals surface area contributed by atoms with E-state index in [0.29, 0.717) is 17.9 Å². The summed E-state index contributed by atoms with van der Waals surface area (Å²) in [6.45, 7) is 5.85. The van der Waals surface area contributed by atoms with E-state index < -0.39 is 11.7 Å². The Labute approximate surface area is 150 Å². The van der Waals surface area contributed by atoms with Crippen molar-refractivity contribution in [1.82, 2.24) is 5.32 Å². The Morgan fingerprint density at radius 1 is 1.21 bits per heavy atom. The number of aliphatic hydroxyl groups is 1. The van der Waals surface area contributed by atoms with Gasteiger partial charge in [-0.1, -0.05) is 15.9 Å². The number of alkyl carbamates (subject to hydrolysis) is 1. The van der Waals surface area contributed by atoms with Crippen LogP contribution < -0.4 is 16.0 Å². The molecule has 2 amide bonds. The zero-order chi connectivity index (χ0) is 18.2. The number of halogens is 1. The largest absolute Gasteiger partial charge is 0.444 e. The minimum atomic E-state index is -0.572. The van der Waals surface area contributed by atoms with Gasteiger partial charge in [0.05, 0.1) is 18.0 Å². The number of hydrogen-bond donors (Lipinski definition) is 4. The summed E-state index contributed by atoms with van der Waals surface area (Å²) in [5.74, 6) is -0.236. The van der Waals surface area contributed by atoms with E-state index in [-0.39, 0.29) is 25.5 Å². The Bertz CT molecular complexity index is 573. The topological polar surface area (TPSA) is 99.7 Å². The van der Waals surface area contributed by atoms with Crippen LogP contribution in [0.3, 0.4) is 0 Å². The standard InChI is InChI=1S/C16H24BrN3O4/c1-16(2,3)24-15(23)19-7-6-14(22)20-12-5-4-11(17)10-13(12)18-8-9-21/h4-5,10,18,21H,6-9H2,1-3H3,(H,19,23)(H,20,22). The molecule has 4 N–H and O–H groups in total. The van der Waals surface area contributed by atoms with Crippen LogP contribution in [0.15, 0.2) is 22.7 Å². The third kappa shape index (κ3) is 8.16. The Hall–Kier alpha value is -1.80. The molecule has 0 spiro atoms. The smallest absolute Gasteiger partial charge is 0.407 e. The van der Waals surface area contributed by atoms with E-state index in [2.05, 4.69) is 31.9 Å². The minimum Gasteiger partial charge on any atom is -0.444 e. The second-order valence-electron chi connectivity index (χ2n) is 6.07. The molecule has 134 valence electrons. The number of hydrogen-bond acceptors (Lipinski definition) is 5. The van der Waals surface area contributed by atoms with Crippen molar-refractivity contribution in [3.63, 3.8) is 0 Å². The Morgan fingerprint density at radius 3 is 2.54 bits per heavy atom. The Kier molecular flexibility index (Phi) is 8.00. The first-order valence-electron chi connectivity index (χ1n) is 7.62. The fourth-order valence-electron chi connectivity index (χ4n) is 1.77. The molecule has 0 atom stereocenters. The average Bonchev–Trinajstić information content (AvgIpc) is 2.45. The first kappa shape index (κ1) is 20.2. The Balaban J connectivity index is 2.49. The highest BCUT2D eigenvalue weighted by molar-refractivity contribution is 9.10. The van der Waals surface area contributed by atoms with E-state index >= 15 is 0 Å². The number of benzene rings is 1. The molecule has 1 aromatic rings. The summed E-state index contributed by atoms with van der Waals surface area (Å²) < 4.78 is 5.95. The van der Waals surface area contributed by atoms with Gasteiger partial charge in [0, 0.05) is 24.0 Å². The summed E-state index contributed by atoms with van der Waals surface area (Å²) >= 11 is 3.36. The first-order valence-corrected chi connectivity index (χ1v) is 8.41. The van der Waals surface area contributed by atoms with Gasteiger partial charge in [0.15, 0.2) is 0 Å². The molecule has 0 aliphatic rings.